The fraction of sp³-hybridized carbons (Fsp3) is 0.400. The molecule has 0 bridgehead atoms. The fourth-order valence-electron chi connectivity index (χ4n) is 2.55. The molecule has 0 atom stereocenters. The molecule has 1 aromatic carbocycles. The van der Waals surface area contributed by atoms with Crippen LogP contribution in [0.2, 0.25) is 0 Å². The number of aliphatic imine (C=N–C) groups is 1. The SMILES string of the molecule is CCNC(=NCc1ccccc1OC(F)(F)F)NCCCNC(=O)c1occc1C. The van der Waals surface area contributed by atoms with Gasteiger partial charge in [0.1, 0.15) is 5.75 Å². The van der Waals surface area contributed by atoms with Crippen molar-refractivity contribution in [3.8, 4) is 5.75 Å². The Hall–Kier alpha value is -3.17. The molecule has 0 unspecified atom stereocenters. The van der Waals surface area contributed by atoms with Gasteiger partial charge in [0.2, 0.25) is 0 Å². The molecule has 10 heteroatoms. The van der Waals surface area contributed by atoms with Crippen LogP contribution in [0.15, 0.2) is 46.0 Å². The van der Waals surface area contributed by atoms with Gasteiger partial charge in [0.05, 0.1) is 12.8 Å². The summed E-state index contributed by atoms with van der Waals surface area (Å²) in [5, 5.41) is 8.87. The van der Waals surface area contributed by atoms with Crippen molar-refractivity contribution in [3.63, 3.8) is 0 Å². The first-order valence-electron chi connectivity index (χ1n) is 9.48. The second kappa shape index (κ2) is 11.1. The molecule has 0 fully saturated rings. The number of para-hydroxylation sites is 1. The Bertz CT molecular complexity index is 850. The van der Waals surface area contributed by atoms with E-state index in [1.165, 1.54) is 24.5 Å². The summed E-state index contributed by atoms with van der Waals surface area (Å²) in [4.78, 5) is 16.3. The lowest BCUT2D eigenvalue weighted by molar-refractivity contribution is -0.274. The first-order chi connectivity index (χ1) is 14.3. The van der Waals surface area contributed by atoms with E-state index in [-0.39, 0.29) is 24.0 Å². The number of nitrogens with zero attached hydrogens (tertiary/aromatic N) is 1. The zero-order chi connectivity index (χ0) is 22.0. The van der Waals surface area contributed by atoms with Gasteiger partial charge in [0.25, 0.3) is 5.91 Å². The third-order valence-electron chi connectivity index (χ3n) is 3.95. The summed E-state index contributed by atoms with van der Waals surface area (Å²) in [5.74, 6) is 0.185. The smallest absolute Gasteiger partial charge is 0.459 e. The Kier molecular flexibility index (Phi) is 8.57. The van der Waals surface area contributed by atoms with E-state index in [9.17, 15) is 18.0 Å². The summed E-state index contributed by atoms with van der Waals surface area (Å²) >= 11 is 0. The molecular formula is C20H25F3N4O3. The van der Waals surface area contributed by atoms with Crippen LogP contribution < -0.4 is 20.7 Å². The predicted molar refractivity (Wildman–Crippen MR) is 106 cm³/mol. The van der Waals surface area contributed by atoms with Crippen molar-refractivity contribution in [1.29, 1.82) is 0 Å². The van der Waals surface area contributed by atoms with E-state index < -0.39 is 6.36 Å². The monoisotopic (exact) mass is 426 g/mol. The van der Waals surface area contributed by atoms with Crippen molar-refractivity contribution in [2.24, 2.45) is 4.99 Å². The minimum atomic E-state index is -4.76. The molecule has 2 rings (SSSR count). The van der Waals surface area contributed by atoms with Gasteiger partial charge in [-0.1, -0.05) is 18.2 Å². The Morgan fingerprint density at radius 1 is 1.13 bits per heavy atom. The summed E-state index contributed by atoms with van der Waals surface area (Å²) in [6, 6.07) is 7.59. The number of carbonyl (C=O) groups excluding carboxylic acids is 1. The number of carbonyl (C=O) groups is 1. The highest BCUT2D eigenvalue weighted by Gasteiger charge is 2.31. The second-order valence-corrected chi connectivity index (χ2v) is 6.32. The molecule has 0 saturated carbocycles. The molecule has 30 heavy (non-hydrogen) atoms. The van der Waals surface area contributed by atoms with E-state index >= 15 is 0 Å². The standard InChI is InChI=1S/C20H25F3N4O3/c1-3-24-19(26-11-6-10-25-18(28)17-14(2)9-12-29-17)27-13-15-7-4-5-8-16(15)30-20(21,22)23/h4-5,7-9,12H,3,6,10-11,13H2,1-2H3,(H,25,28)(H2,24,26,27). The number of alkyl halides is 3. The van der Waals surface area contributed by atoms with Crippen molar-refractivity contribution in [1.82, 2.24) is 16.0 Å². The van der Waals surface area contributed by atoms with Gasteiger partial charge in [-0.3, -0.25) is 4.79 Å². The Labute approximate surface area is 172 Å². The van der Waals surface area contributed by atoms with E-state index in [4.69, 9.17) is 4.42 Å². The van der Waals surface area contributed by atoms with Gasteiger partial charge in [-0.25, -0.2) is 4.99 Å². The van der Waals surface area contributed by atoms with Gasteiger partial charge in [-0.15, -0.1) is 13.2 Å². The highest BCUT2D eigenvalue weighted by Crippen LogP contribution is 2.26. The summed E-state index contributed by atoms with van der Waals surface area (Å²) < 4.78 is 46.8. The predicted octanol–water partition coefficient (Wildman–Crippen LogP) is 3.36. The van der Waals surface area contributed by atoms with Gasteiger partial charge in [-0.2, -0.15) is 0 Å². The topological polar surface area (TPSA) is 87.9 Å². The molecule has 0 spiro atoms. The lowest BCUT2D eigenvalue weighted by Gasteiger charge is -2.14. The van der Waals surface area contributed by atoms with Crippen LogP contribution in [0.5, 0.6) is 5.75 Å². The van der Waals surface area contributed by atoms with Gasteiger partial charge in [0.15, 0.2) is 11.7 Å². The summed E-state index contributed by atoms with van der Waals surface area (Å²) in [6.07, 6.45) is -2.69. The summed E-state index contributed by atoms with van der Waals surface area (Å²) in [5.41, 5.74) is 1.08. The number of amides is 1. The number of nitrogens with one attached hydrogen (secondary N) is 3. The molecule has 0 aliphatic rings. The van der Waals surface area contributed by atoms with Crippen LogP contribution in [-0.2, 0) is 6.54 Å². The van der Waals surface area contributed by atoms with E-state index in [0.717, 1.165) is 5.56 Å². The minimum absolute atomic E-state index is 0.0100. The average molecular weight is 426 g/mol. The fourth-order valence-corrected chi connectivity index (χ4v) is 2.55. The van der Waals surface area contributed by atoms with Crippen molar-refractivity contribution in [2.75, 3.05) is 19.6 Å². The molecule has 1 aromatic heterocycles. The summed E-state index contributed by atoms with van der Waals surface area (Å²) in [7, 11) is 0. The number of hydrogen-bond donors (Lipinski definition) is 3. The number of ether oxygens (including phenoxy) is 1. The highest BCUT2D eigenvalue weighted by molar-refractivity contribution is 5.92. The molecule has 0 aliphatic heterocycles. The first kappa shape index (κ1) is 23.1. The molecule has 0 saturated heterocycles. The zero-order valence-corrected chi connectivity index (χ0v) is 16.8. The average Bonchev–Trinajstić information content (AvgIpc) is 3.11. The number of halogens is 3. The molecule has 0 radical (unpaired) electrons. The Morgan fingerprint density at radius 2 is 1.87 bits per heavy atom. The van der Waals surface area contributed by atoms with Crippen molar-refractivity contribution >= 4 is 11.9 Å². The lowest BCUT2D eigenvalue weighted by Crippen LogP contribution is -2.38. The number of furan rings is 1. The largest absolute Gasteiger partial charge is 0.573 e. The van der Waals surface area contributed by atoms with Crippen molar-refractivity contribution in [3.05, 3.63) is 53.5 Å². The van der Waals surface area contributed by atoms with Gasteiger partial charge >= 0.3 is 6.36 Å². The zero-order valence-electron chi connectivity index (χ0n) is 16.8. The maximum absolute atomic E-state index is 12.5. The molecule has 0 aliphatic carbocycles. The van der Waals surface area contributed by atoms with Crippen LogP contribution in [0.4, 0.5) is 13.2 Å². The van der Waals surface area contributed by atoms with Crippen LogP contribution in [0.1, 0.15) is 35.0 Å². The van der Waals surface area contributed by atoms with Gasteiger partial charge < -0.3 is 25.1 Å². The highest BCUT2D eigenvalue weighted by atomic mass is 19.4. The normalized spacial score (nSPS) is 11.8. The van der Waals surface area contributed by atoms with E-state index in [0.29, 0.717) is 37.6 Å². The van der Waals surface area contributed by atoms with Gasteiger partial charge in [0, 0.05) is 30.8 Å². The molecule has 164 valence electrons. The molecule has 7 nitrogen and oxygen atoms in total. The molecule has 2 aromatic rings. The number of guanidine groups is 1. The first-order valence-corrected chi connectivity index (χ1v) is 9.48. The minimum Gasteiger partial charge on any atom is -0.459 e. The van der Waals surface area contributed by atoms with Crippen LogP contribution in [0, 0.1) is 6.92 Å². The summed E-state index contributed by atoms with van der Waals surface area (Å²) in [6.45, 7) is 5.19. The number of rotatable bonds is 9. The molecule has 3 N–H and O–H groups in total. The maximum Gasteiger partial charge on any atom is 0.573 e. The second-order valence-electron chi connectivity index (χ2n) is 6.32. The third-order valence-corrected chi connectivity index (χ3v) is 3.95. The third kappa shape index (κ3) is 7.69. The lowest BCUT2D eigenvalue weighted by atomic mass is 10.2. The van der Waals surface area contributed by atoms with Crippen LogP contribution in [-0.4, -0.2) is 37.9 Å². The van der Waals surface area contributed by atoms with E-state index in [1.807, 2.05) is 6.92 Å². The van der Waals surface area contributed by atoms with Crippen LogP contribution in [0.3, 0.4) is 0 Å². The van der Waals surface area contributed by atoms with Crippen LogP contribution >= 0.6 is 0 Å². The van der Waals surface area contributed by atoms with Crippen molar-refractivity contribution < 1.29 is 27.1 Å². The van der Waals surface area contributed by atoms with E-state index in [2.05, 4.69) is 25.7 Å². The Morgan fingerprint density at radius 3 is 2.53 bits per heavy atom. The molecule has 1 heterocycles. The molecule has 1 amide bonds. The number of aryl methyl sites for hydroxylation is 1. The Balaban J connectivity index is 1.84. The molecular weight excluding hydrogens is 401 g/mol. The number of benzene rings is 1. The van der Waals surface area contributed by atoms with Crippen molar-refractivity contribution in [2.45, 2.75) is 33.2 Å². The van der Waals surface area contributed by atoms with E-state index in [1.54, 1.807) is 19.1 Å². The quantitative estimate of drug-likeness (QED) is 0.325. The maximum atomic E-state index is 12.5. The van der Waals surface area contributed by atoms with Gasteiger partial charge in [-0.05, 0) is 32.4 Å². The van der Waals surface area contributed by atoms with Crippen LogP contribution in [0.25, 0.3) is 0 Å². The number of hydrogen-bond acceptors (Lipinski definition) is 4.